The van der Waals surface area contributed by atoms with Crippen LogP contribution < -0.4 is 10.2 Å². The van der Waals surface area contributed by atoms with E-state index in [4.69, 9.17) is 4.74 Å². The van der Waals surface area contributed by atoms with Crippen molar-refractivity contribution in [2.24, 2.45) is 0 Å². The molecule has 4 rings (SSSR count). The van der Waals surface area contributed by atoms with Crippen LogP contribution in [-0.2, 0) is 9.53 Å². The van der Waals surface area contributed by atoms with Crippen molar-refractivity contribution >= 4 is 35.1 Å². The molecular weight excluding hydrogens is 378 g/mol. The Bertz CT molecular complexity index is 874. The summed E-state index contributed by atoms with van der Waals surface area (Å²) < 4.78 is 7.58. The van der Waals surface area contributed by atoms with Crippen molar-refractivity contribution in [3.8, 4) is 0 Å². The second-order valence-electron chi connectivity index (χ2n) is 6.92. The van der Waals surface area contributed by atoms with Gasteiger partial charge in [0.25, 0.3) is 0 Å². The largest absolute Gasteiger partial charge is 0.378 e. The second-order valence-corrected chi connectivity index (χ2v) is 7.86. The van der Waals surface area contributed by atoms with E-state index < -0.39 is 0 Å². The van der Waals surface area contributed by atoms with E-state index in [1.54, 1.807) is 24.3 Å². The number of rotatable bonds is 7. The number of morpholine rings is 1. The topological polar surface area (TPSA) is 89.3 Å². The molecule has 1 saturated heterocycles. The molecule has 2 aromatic rings. The lowest BCUT2D eigenvalue weighted by Gasteiger charge is -2.27. The fraction of sp³-hybridized carbons (Fsp3) is 0.474. The van der Waals surface area contributed by atoms with Gasteiger partial charge in [0.15, 0.2) is 10.9 Å². The van der Waals surface area contributed by atoms with E-state index in [2.05, 4.69) is 25.0 Å². The van der Waals surface area contributed by atoms with Crippen LogP contribution in [0.3, 0.4) is 0 Å². The van der Waals surface area contributed by atoms with Gasteiger partial charge >= 0.3 is 0 Å². The molecule has 0 bridgehead atoms. The molecule has 2 fully saturated rings. The van der Waals surface area contributed by atoms with Crippen LogP contribution in [0.25, 0.3) is 0 Å². The first-order valence-electron chi connectivity index (χ1n) is 9.43. The van der Waals surface area contributed by atoms with E-state index in [9.17, 15) is 9.59 Å². The third-order valence-corrected chi connectivity index (χ3v) is 5.71. The van der Waals surface area contributed by atoms with Crippen LogP contribution in [0.2, 0.25) is 0 Å². The van der Waals surface area contributed by atoms with Gasteiger partial charge in [0, 0.05) is 24.7 Å². The maximum absolute atomic E-state index is 12.4. The molecule has 148 valence electrons. The molecule has 8 nitrogen and oxygen atoms in total. The van der Waals surface area contributed by atoms with Crippen LogP contribution in [0.4, 0.5) is 11.6 Å². The van der Waals surface area contributed by atoms with Crippen molar-refractivity contribution in [2.75, 3.05) is 42.3 Å². The number of anilines is 2. The van der Waals surface area contributed by atoms with Crippen LogP contribution in [0, 0.1) is 0 Å². The average Bonchev–Trinajstić information content (AvgIpc) is 3.46. The van der Waals surface area contributed by atoms with Gasteiger partial charge in [-0.2, -0.15) is 0 Å². The highest BCUT2D eigenvalue weighted by atomic mass is 32.2. The minimum Gasteiger partial charge on any atom is -0.378 e. The smallest absolute Gasteiger partial charge is 0.234 e. The molecule has 0 spiro atoms. The molecule has 28 heavy (non-hydrogen) atoms. The maximum Gasteiger partial charge on any atom is 0.234 e. The highest BCUT2D eigenvalue weighted by Crippen LogP contribution is 2.41. The van der Waals surface area contributed by atoms with Gasteiger partial charge < -0.3 is 15.0 Å². The third kappa shape index (κ3) is 4.20. The molecule has 1 saturated carbocycles. The number of hydrogen-bond acceptors (Lipinski definition) is 7. The summed E-state index contributed by atoms with van der Waals surface area (Å²) in [4.78, 5) is 26.3. The number of para-hydroxylation sites is 1. The molecule has 1 aromatic carbocycles. The molecular formula is C19H23N5O3S. The van der Waals surface area contributed by atoms with Crippen LogP contribution in [0.5, 0.6) is 0 Å². The van der Waals surface area contributed by atoms with Crippen LogP contribution >= 0.6 is 11.8 Å². The Labute approximate surface area is 167 Å². The molecule has 1 aliphatic heterocycles. The highest BCUT2D eigenvalue weighted by molar-refractivity contribution is 7.99. The predicted octanol–water partition coefficient (Wildman–Crippen LogP) is 2.38. The number of ether oxygens (including phenoxy) is 1. The lowest BCUT2D eigenvalue weighted by atomic mass is 10.1. The first kappa shape index (κ1) is 18.9. The first-order valence-corrected chi connectivity index (χ1v) is 10.4. The lowest BCUT2D eigenvalue weighted by molar-refractivity contribution is -0.113. The molecule has 1 aliphatic carbocycles. The Morgan fingerprint density at radius 1 is 1.21 bits per heavy atom. The quantitative estimate of drug-likeness (QED) is 0.563. The molecule has 1 amide bonds. The number of hydrogen-bond donors (Lipinski definition) is 1. The van der Waals surface area contributed by atoms with Crippen LogP contribution in [0.1, 0.15) is 36.2 Å². The van der Waals surface area contributed by atoms with Gasteiger partial charge in [0.1, 0.15) is 0 Å². The molecule has 2 aliphatic rings. The van der Waals surface area contributed by atoms with Crippen molar-refractivity contribution in [1.29, 1.82) is 0 Å². The number of carbonyl (C=O) groups is 2. The van der Waals surface area contributed by atoms with E-state index in [0.29, 0.717) is 30.5 Å². The minimum absolute atomic E-state index is 0.0767. The van der Waals surface area contributed by atoms with Gasteiger partial charge in [-0.05, 0) is 31.9 Å². The number of aromatic nitrogens is 3. The third-order valence-electron chi connectivity index (χ3n) is 4.77. The molecule has 9 heteroatoms. The van der Waals surface area contributed by atoms with E-state index in [-0.39, 0.29) is 17.4 Å². The number of thioether (sulfide) groups is 1. The fourth-order valence-corrected chi connectivity index (χ4v) is 4.02. The minimum atomic E-state index is -0.169. The molecule has 0 radical (unpaired) electrons. The standard InChI is InChI=1S/C19H23N5O3S/c1-13(25)15-4-2-3-5-16(15)20-17(26)12-28-19-22-21-18(24(19)14-6-7-14)23-8-10-27-11-9-23/h2-5,14H,6-12H2,1H3,(H,20,26). The van der Waals surface area contributed by atoms with Crippen LogP contribution in [-0.4, -0.2) is 58.5 Å². The zero-order chi connectivity index (χ0) is 19.5. The van der Waals surface area contributed by atoms with Gasteiger partial charge in [-0.3, -0.25) is 14.2 Å². The number of nitrogens with zero attached hydrogens (tertiary/aromatic N) is 4. The molecule has 0 atom stereocenters. The van der Waals surface area contributed by atoms with Crippen molar-refractivity contribution in [3.05, 3.63) is 29.8 Å². The van der Waals surface area contributed by atoms with E-state index in [0.717, 1.165) is 37.0 Å². The summed E-state index contributed by atoms with van der Waals surface area (Å²) in [6, 6.07) is 7.45. The molecule has 1 aromatic heterocycles. The average molecular weight is 401 g/mol. The zero-order valence-corrected chi connectivity index (χ0v) is 16.6. The summed E-state index contributed by atoms with van der Waals surface area (Å²) in [5.74, 6) is 0.833. The molecule has 0 unspecified atom stereocenters. The monoisotopic (exact) mass is 401 g/mol. The lowest BCUT2D eigenvalue weighted by Crippen LogP contribution is -2.38. The Morgan fingerprint density at radius 3 is 2.68 bits per heavy atom. The number of Topliss-reactive ketones (excluding diaryl/α,β-unsaturated/α-hetero) is 1. The number of ketones is 1. The second kappa shape index (κ2) is 8.32. The van der Waals surface area contributed by atoms with Crippen LogP contribution in [0.15, 0.2) is 29.4 Å². The normalized spacial score (nSPS) is 16.8. The number of nitrogens with one attached hydrogen (secondary N) is 1. The molecule has 1 N–H and O–H groups in total. The summed E-state index contributed by atoms with van der Waals surface area (Å²) in [5.41, 5.74) is 1.05. The maximum atomic E-state index is 12.4. The van der Waals surface area contributed by atoms with E-state index in [1.165, 1.54) is 18.7 Å². The highest BCUT2D eigenvalue weighted by Gasteiger charge is 2.32. The van der Waals surface area contributed by atoms with Gasteiger partial charge in [0.2, 0.25) is 11.9 Å². The first-order chi connectivity index (χ1) is 13.6. The van der Waals surface area contributed by atoms with Crippen molar-refractivity contribution in [1.82, 2.24) is 14.8 Å². The summed E-state index contributed by atoms with van der Waals surface area (Å²) in [5, 5.41) is 12.3. The fourth-order valence-electron chi connectivity index (χ4n) is 3.21. The van der Waals surface area contributed by atoms with Gasteiger partial charge in [-0.15, -0.1) is 10.2 Å². The summed E-state index contributed by atoms with van der Waals surface area (Å²) >= 11 is 1.38. The molecule has 2 heterocycles. The van der Waals surface area contributed by atoms with Gasteiger partial charge in [0.05, 0.1) is 24.7 Å². The van der Waals surface area contributed by atoms with Crippen molar-refractivity contribution in [3.63, 3.8) is 0 Å². The predicted molar refractivity (Wildman–Crippen MR) is 107 cm³/mol. The van der Waals surface area contributed by atoms with E-state index >= 15 is 0 Å². The van der Waals surface area contributed by atoms with Crippen molar-refractivity contribution < 1.29 is 14.3 Å². The van der Waals surface area contributed by atoms with Gasteiger partial charge in [-0.25, -0.2) is 0 Å². The van der Waals surface area contributed by atoms with E-state index in [1.807, 2.05) is 0 Å². The Kier molecular flexibility index (Phi) is 5.63. The summed E-state index contributed by atoms with van der Waals surface area (Å²) in [7, 11) is 0. The number of carbonyl (C=O) groups excluding carboxylic acids is 2. The Hall–Kier alpha value is -2.39. The van der Waals surface area contributed by atoms with Crippen molar-refractivity contribution in [2.45, 2.75) is 31.0 Å². The summed E-state index contributed by atoms with van der Waals surface area (Å²) in [6.45, 7) is 4.48. The summed E-state index contributed by atoms with van der Waals surface area (Å²) in [6.07, 6.45) is 2.22. The Balaban J connectivity index is 1.43. The van der Waals surface area contributed by atoms with Gasteiger partial charge in [-0.1, -0.05) is 23.9 Å². The Morgan fingerprint density at radius 2 is 1.96 bits per heavy atom. The number of amides is 1. The number of benzene rings is 1. The SMILES string of the molecule is CC(=O)c1ccccc1NC(=O)CSc1nnc(N2CCOCC2)n1C1CC1. The zero-order valence-electron chi connectivity index (χ0n) is 15.8.